The minimum atomic E-state index is -0.332. The minimum absolute atomic E-state index is 0.210. The summed E-state index contributed by atoms with van der Waals surface area (Å²) in [6.07, 6.45) is 1.92. The van der Waals surface area contributed by atoms with Crippen molar-refractivity contribution < 1.29 is 14.1 Å². The zero-order valence-corrected chi connectivity index (χ0v) is 20.4. The van der Waals surface area contributed by atoms with Gasteiger partial charge in [-0.15, -0.1) is 0 Å². The van der Waals surface area contributed by atoms with Crippen molar-refractivity contribution >= 4 is 21.8 Å². The molecule has 0 saturated heterocycles. The standard InChI is InChI=1S/C27H21BrN4O3/c1-34-23-9-5-6-19(14-23)26-20(17-32(30-26)22-7-3-2-4-8-22)16-29-27(33)24-15-25(35-31-24)18-10-12-21(28)13-11-18/h2-15,17H,16H2,1H3,(H,29,33). The van der Waals surface area contributed by atoms with Gasteiger partial charge in [0.25, 0.3) is 5.91 Å². The Bertz CT molecular complexity index is 1460. The Kier molecular flexibility index (Phi) is 6.45. The van der Waals surface area contributed by atoms with E-state index in [1.54, 1.807) is 17.9 Å². The smallest absolute Gasteiger partial charge is 0.273 e. The molecule has 7 nitrogen and oxygen atoms in total. The summed E-state index contributed by atoms with van der Waals surface area (Å²) in [7, 11) is 1.63. The molecule has 0 spiro atoms. The van der Waals surface area contributed by atoms with Gasteiger partial charge >= 0.3 is 0 Å². The van der Waals surface area contributed by atoms with E-state index in [0.29, 0.717) is 5.76 Å². The Hall–Kier alpha value is -4.17. The largest absolute Gasteiger partial charge is 0.497 e. The number of para-hydroxylation sites is 1. The van der Waals surface area contributed by atoms with Gasteiger partial charge in [0.2, 0.25) is 0 Å². The summed E-state index contributed by atoms with van der Waals surface area (Å²) < 4.78 is 13.5. The molecule has 5 aromatic rings. The minimum Gasteiger partial charge on any atom is -0.497 e. The van der Waals surface area contributed by atoms with E-state index in [9.17, 15) is 4.79 Å². The summed E-state index contributed by atoms with van der Waals surface area (Å²) in [4.78, 5) is 12.9. The van der Waals surface area contributed by atoms with E-state index in [1.165, 1.54) is 0 Å². The Morgan fingerprint density at radius 3 is 2.57 bits per heavy atom. The molecule has 0 bridgehead atoms. The first kappa shape index (κ1) is 22.6. The third kappa shape index (κ3) is 5.02. The number of hydrogen-bond acceptors (Lipinski definition) is 5. The number of amides is 1. The van der Waals surface area contributed by atoms with Crippen LogP contribution in [0.15, 0.2) is 100 Å². The van der Waals surface area contributed by atoms with Crippen molar-refractivity contribution in [2.75, 3.05) is 7.11 Å². The molecule has 8 heteroatoms. The number of hydrogen-bond donors (Lipinski definition) is 1. The lowest BCUT2D eigenvalue weighted by molar-refractivity contribution is 0.0942. The lowest BCUT2D eigenvalue weighted by atomic mass is 10.1. The van der Waals surface area contributed by atoms with E-state index in [1.807, 2.05) is 85.1 Å². The highest BCUT2D eigenvalue weighted by atomic mass is 79.9. The van der Waals surface area contributed by atoms with Gasteiger partial charge in [-0.1, -0.05) is 63.6 Å². The van der Waals surface area contributed by atoms with Gasteiger partial charge in [0.05, 0.1) is 18.5 Å². The SMILES string of the molecule is COc1cccc(-c2nn(-c3ccccc3)cc2CNC(=O)c2cc(-c3ccc(Br)cc3)on2)c1. The fourth-order valence-corrected chi connectivity index (χ4v) is 3.93. The molecule has 174 valence electrons. The third-order valence-corrected chi connectivity index (χ3v) is 5.99. The molecular weight excluding hydrogens is 508 g/mol. The van der Waals surface area contributed by atoms with Crippen molar-refractivity contribution in [2.45, 2.75) is 6.54 Å². The van der Waals surface area contributed by atoms with Gasteiger partial charge < -0.3 is 14.6 Å². The van der Waals surface area contributed by atoms with Crippen molar-refractivity contribution in [2.24, 2.45) is 0 Å². The molecule has 0 aliphatic rings. The molecule has 0 aliphatic heterocycles. The van der Waals surface area contributed by atoms with E-state index < -0.39 is 0 Å². The van der Waals surface area contributed by atoms with Crippen molar-refractivity contribution in [1.82, 2.24) is 20.3 Å². The Labute approximate surface area is 210 Å². The number of benzene rings is 3. The number of methoxy groups -OCH3 is 1. The zero-order valence-electron chi connectivity index (χ0n) is 18.8. The second kappa shape index (κ2) is 9.99. The van der Waals surface area contributed by atoms with Crippen molar-refractivity contribution in [3.05, 3.63) is 107 Å². The van der Waals surface area contributed by atoms with E-state index >= 15 is 0 Å². The molecule has 0 atom stereocenters. The van der Waals surface area contributed by atoms with Crippen LogP contribution in [0, 0.1) is 0 Å². The van der Waals surface area contributed by atoms with Crippen LogP contribution in [0.2, 0.25) is 0 Å². The second-order valence-electron chi connectivity index (χ2n) is 7.78. The average Bonchev–Trinajstić information content (AvgIpc) is 3.56. The van der Waals surface area contributed by atoms with Gasteiger partial charge in [-0.3, -0.25) is 4.79 Å². The lowest BCUT2D eigenvalue weighted by Gasteiger charge is -2.06. The van der Waals surface area contributed by atoms with E-state index in [-0.39, 0.29) is 18.1 Å². The predicted octanol–water partition coefficient (Wildman–Crippen LogP) is 5.90. The molecule has 2 aromatic heterocycles. The van der Waals surface area contributed by atoms with Crippen LogP contribution < -0.4 is 10.1 Å². The predicted molar refractivity (Wildman–Crippen MR) is 136 cm³/mol. The molecule has 3 aromatic carbocycles. The van der Waals surface area contributed by atoms with Gasteiger partial charge in [-0.2, -0.15) is 5.10 Å². The maximum atomic E-state index is 12.9. The molecule has 0 unspecified atom stereocenters. The van der Waals surface area contributed by atoms with Gasteiger partial charge in [0, 0.05) is 40.0 Å². The summed E-state index contributed by atoms with van der Waals surface area (Å²) in [5.41, 5.74) is 4.47. The summed E-state index contributed by atoms with van der Waals surface area (Å²) in [6.45, 7) is 0.263. The molecule has 1 amide bonds. The molecule has 1 N–H and O–H groups in total. The maximum absolute atomic E-state index is 12.9. The van der Waals surface area contributed by atoms with Crippen LogP contribution in [0.4, 0.5) is 0 Å². The molecule has 2 heterocycles. The van der Waals surface area contributed by atoms with Crippen LogP contribution in [0.25, 0.3) is 28.3 Å². The highest BCUT2D eigenvalue weighted by Crippen LogP contribution is 2.27. The maximum Gasteiger partial charge on any atom is 0.273 e. The Morgan fingerprint density at radius 2 is 1.80 bits per heavy atom. The highest BCUT2D eigenvalue weighted by molar-refractivity contribution is 9.10. The monoisotopic (exact) mass is 528 g/mol. The number of nitrogens with one attached hydrogen (secondary N) is 1. The summed E-state index contributed by atoms with van der Waals surface area (Å²) in [6, 6.07) is 26.7. The van der Waals surface area contributed by atoms with Crippen molar-refractivity contribution in [1.29, 1.82) is 0 Å². The molecule has 0 radical (unpaired) electrons. The molecule has 0 fully saturated rings. The first-order chi connectivity index (χ1) is 17.1. The van der Waals surface area contributed by atoms with Crippen LogP contribution in [0.3, 0.4) is 0 Å². The van der Waals surface area contributed by atoms with Crippen LogP contribution >= 0.6 is 15.9 Å². The first-order valence-corrected chi connectivity index (χ1v) is 11.7. The number of rotatable bonds is 7. The fourth-order valence-electron chi connectivity index (χ4n) is 3.66. The summed E-state index contributed by atoms with van der Waals surface area (Å²) in [5.74, 6) is 0.924. The number of halogens is 1. The quantitative estimate of drug-likeness (QED) is 0.284. The van der Waals surface area contributed by atoms with Crippen LogP contribution in [-0.4, -0.2) is 28.0 Å². The number of ether oxygens (including phenoxy) is 1. The van der Waals surface area contributed by atoms with Crippen molar-refractivity contribution in [3.63, 3.8) is 0 Å². The number of nitrogens with zero attached hydrogens (tertiary/aromatic N) is 3. The van der Waals surface area contributed by atoms with Crippen molar-refractivity contribution in [3.8, 4) is 34.0 Å². The third-order valence-electron chi connectivity index (χ3n) is 5.46. The lowest BCUT2D eigenvalue weighted by Crippen LogP contribution is -2.23. The number of carbonyl (C=O) groups is 1. The molecule has 35 heavy (non-hydrogen) atoms. The molecule has 0 aliphatic carbocycles. The summed E-state index contributed by atoms with van der Waals surface area (Å²) >= 11 is 3.41. The van der Waals surface area contributed by atoms with Gasteiger partial charge in [0.1, 0.15) is 5.75 Å². The average molecular weight is 529 g/mol. The molecule has 5 rings (SSSR count). The van der Waals surface area contributed by atoms with Gasteiger partial charge in [-0.05, 0) is 36.4 Å². The van der Waals surface area contributed by atoms with Gasteiger partial charge in [0.15, 0.2) is 11.5 Å². The van der Waals surface area contributed by atoms with Crippen LogP contribution in [0.1, 0.15) is 16.1 Å². The first-order valence-electron chi connectivity index (χ1n) is 10.9. The van der Waals surface area contributed by atoms with E-state index in [2.05, 4.69) is 26.4 Å². The van der Waals surface area contributed by atoms with E-state index in [0.717, 1.165) is 38.3 Å². The second-order valence-corrected chi connectivity index (χ2v) is 8.70. The zero-order chi connectivity index (χ0) is 24.2. The fraction of sp³-hybridized carbons (Fsp3) is 0.0741. The van der Waals surface area contributed by atoms with Crippen LogP contribution in [0.5, 0.6) is 5.75 Å². The topological polar surface area (TPSA) is 82.2 Å². The van der Waals surface area contributed by atoms with Crippen LogP contribution in [-0.2, 0) is 6.54 Å². The molecule has 0 saturated carbocycles. The highest BCUT2D eigenvalue weighted by Gasteiger charge is 2.17. The number of carbonyl (C=O) groups excluding carboxylic acids is 1. The normalized spacial score (nSPS) is 10.8. The number of aromatic nitrogens is 3. The molecular formula is C27H21BrN4O3. The van der Waals surface area contributed by atoms with E-state index in [4.69, 9.17) is 14.4 Å². The Morgan fingerprint density at radius 1 is 1.00 bits per heavy atom. The Balaban J connectivity index is 1.40. The van der Waals surface area contributed by atoms with Gasteiger partial charge in [-0.25, -0.2) is 4.68 Å². The summed E-state index contributed by atoms with van der Waals surface area (Å²) in [5, 5.41) is 11.7.